The highest BCUT2D eigenvalue weighted by atomic mass is 16.2. The highest BCUT2D eigenvalue weighted by Gasteiger charge is 2.45. The second-order valence-electron chi connectivity index (χ2n) is 9.28. The summed E-state index contributed by atoms with van der Waals surface area (Å²) >= 11 is 0. The summed E-state index contributed by atoms with van der Waals surface area (Å²) in [6.45, 7) is 3.08. The van der Waals surface area contributed by atoms with Crippen molar-refractivity contribution in [2.24, 2.45) is 0 Å². The Hall–Kier alpha value is -2.70. The second-order valence-corrected chi connectivity index (χ2v) is 9.28. The van der Waals surface area contributed by atoms with Gasteiger partial charge in [0.05, 0.1) is 0 Å². The number of anilines is 1. The fourth-order valence-electron chi connectivity index (χ4n) is 5.67. The van der Waals surface area contributed by atoms with Crippen molar-refractivity contribution < 1.29 is 9.59 Å². The number of likely N-dealkylation sites (tertiary alicyclic amines) is 1. The first-order chi connectivity index (χ1) is 15.6. The van der Waals surface area contributed by atoms with Gasteiger partial charge in [0, 0.05) is 50.4 Å². The number of nitrogens with zero attached hydrogens (tertiary/aromatic N) is 3. The third-order valence-electron chi connectivity index (χ3n) is 7.46. The van der Waals surface area contributed by atoms with Gasteiger partial charge in [-0.2, -0.15) is 0 Å². The lowest BCUT2D eigenvalue weighted by atomic mass is 10.0. The summed E-state index contributed by atoms with van der Waals surface area (Å²) in [7, 11) is 2.13. The van der Waals surface area contributed by atoms with Gasteiger partial charge < -0.3 is 10.2 Å². The molecule has 3 heterocycles. The summed E-state index contributed by atoms with van der Waals surface area (Å²) in [4.78, 5) is 32.6. The number of para-hydroxylation sites is 1. The van der Waals surface area contributed by atoms with Gasteiger partial charge >= 0.3 is 0 Å². The largest absolute Gasteiger partial charge is 0.353 e. The van der Waals surface area contributed by atoms with Crippen LogP contribution in [0, 0.1) is 0 Å². The summed E-state index contributed by atoms with van der Waals surface area (Å²) in [5, 5.41) is 3.17. The van der Waals surface area contributed by atoms with Gasteiger partial charge in [-0.05, 0) is 43.5 Å². The number of amides is 2. The number of nitrogens with one attached hydrogen (secondary N) is 1. The predicted octanol–water partition coefficient (Wildman–Crippen LogP) is 2.43. The maximum atomic E-state index is 13.0. The number of hydrogen-bond donors (Lipinski definition) is 1. The molecular weight excluding hydrogens is 400 g/mol. The van der Waals surface area contributed by atoms with Crippen LogP contribution in [0.5, 0.6) is 0 Å². The molecule has 3 atom stereocenters. The number of likely N-dealkylation sites (N-methyl/N-ethyl adjacent to an activating group) is 1. The molecule has 0 unspecified atom stereocenters. The summed E-state index contributed by atoms with van der Waals surface area (Å²) in [6.07, 6.45) is 3.17. The molecule has 3 aliphatic rings. The molecule has 168 valence electrons. The minimum absolute atomic E-state index is 0.123. The van der Waals surface area contributed by atoms with Gasteiger partial charge in [-0.25, -0.2) is 0 Å². The average Bonchev–Trinajstić information content (AvgIpc) is 3.41. The molecular formula is C26H32N4O2. The maximum Gasteiger partial charge on any atom is 0.239 e. The second kappa shape index (κ2) is 9.04. The molecule has 0 spiro atoms. The Morgan fingerprint density at radius 3 is 2.69 bits per heavy atom. The van der Waals surface area contributed by atoms with E-state index in [1.165, 1.54) is 11.1 Å². The van der Waals surface area contributed by atoms with Gasteiger partial charge in [0.25, 0.3) is 0 Å². The Morgan fingerprint density at radius 2 is 1.84 bits per heavy atom. The van der Waals surface area contributed by atoms with Gasteiger partial charge in [-0.15, -0.1) is 0 Å². The van der Waals surface area contributed by atoms with Crippen LogP contribution in [-0.2, 0) is 22.6 Å². The van der Waals surface area contributed by atoms with Crippen molar-refractivity contribution in [2.75, 3.05) is 31.6 Å². The van der Waals surface area contributed by atoms with Crippen LogP contribution < -0.4 is 10.2 Å². The minimum atomic E-state index is -0.133. The fourth-order valence-corrected chi connectivity index (χ4v) is 5.67. The Kier molecular flexibility index (Phi) is 5.98. The molecule has 3 aliphatic heterocycles. The zero-order valence-electron chi connectivity index (χ0n) is 18.7. The van der Waals surface area contributed by atoms with Crippen molar-refractivity contribution in [1.29, 1.82) is 0 Å². The van der Waals surface area contributed by atoms with E-state index in [0.29, 0.717) is 13.0 Å². The summed E-state index contributed by atoms with van der Waals surface area (Å²) in [5.41, 5.74) is 3.56. The smallest absolute Gasteiger partial charge is 0.239 e. The lowest BCUT2D eigenvalue weighted by Gasteiger charge is -2.33. The molecule has 5 rings (SSSR count). The number of fused-ring (bicyclic) bond motifs is 2. The van der Waals surface area contributed by atoms with Crippen LogP contribution in [0.15, 0.2) is 54.6 Å². The zero-order valence-corrected chi connectivity index (χ0v) is 18.7. The molecule has 0 aromatic heterocycles. The van der Waals surface area contributed by atoms with Crippen LogP contribution in [0.3, 0.4) is 0 Å². The highest BCUT2D eigenvalue weighted by Crippen LogP contribution is 2.30. The van der Waals surface area contributed by atoms with E-state index < -0.39 is 0 Å². The van der Waals surface area contributed by atoms with Crippen molar-refractivity contribution in [1.82, 2.24) is 15.1 Å². The standard InChI is InChI=1S/C26H32N4O2/c1-28-21(11-12-24(31)30-16-13-20-9-5-6-10-22(20)30)17-27-26(32)25-23(28)14-15-29(25)18-19-7-3-2-4-8-19/h2-10,21,23,25H,11-18H2,1H3,(H,27,32)/t21-,23-,25-/m0/s1. The predicted molar refractivity (Wildman–Crippen MR) is 125 cm³/mol. The normalized spacial score (nSPS) is 25.8. The van der Waals surface area contributed by atoms with Gasteiger partial charge in [-0.3, -0.25) is 19.4 Å². The molecule has 0 bridgehead atoms. The highest BCUT2D eigenvalue weighted by molar-refractivity contribution is 5.95. The number of hydrogen-bond acceptors (Lipinski definition) is 4. The lowest BCUT2D eigenvalue weighted by molar-refractivity contribution is -0.126. The Labute approximate surface area is 190 Å². The molecule has 2 amide bonds. The molecule has 2 saturated heterocycles. The molecule has 0 aliphatic carbocycles. The van der Waals surface area contributed by atoms with Crippen LogP contribution >= 0.6 is 0 Å². The molecule has 0 radical (unpaired) electrons. The van der Waals surface area contributed by atoms with Crippen molar-refractivity contribution in [3.63, 3.8) is 0 Å². The van der Waals surface area contributed by atoms with Crippen LogP contribution in [-0.4, -0.2) is 66.4 Å². The van der Waals surface area contributed by atoms with Gasteiger partial charge in [0.2, 0.25) is 11.8 Å². The molecule has 0 saturated carbocycles. The van der Waals surface area contributed by atoms with E-state index in [9.17, 15) is 9.59 Å². The third-order valence-corrected chi connectivity index (χ3v) is 7.46. The average molecular weight is 433 g/mol. The Morgan fingerprint density at radius 1 is 1.06 bits per heavy atom. The molecule has 2 fully saturated rings. The molecule has 32 heavy (non-hydrogen) atoms. The number of benzene rings is 2. The van der Waals surface area contributed by atoms with E-state index in [2.05, 4.69) is 40.4 Å². The maximum absolute atomic E-state index is 13.0. The van der Waals surface area contributed by atoms with E-state index >= 15 is 0 Å². The van der Waals surface area contributed by atoms with Gasteiger partial charge in [0.1, 0.15) is 6.04 Å². The molecule has 2 aromatic carbocycles. The van der Waals surface area contributed by atoms with Crippen LogP contribution in [0.25, 0.3) is 0 Å². The van der Waals surface area contributed by atoms with Gasteiger partial charge in [0.15, 0.2) is 0 Å². The van der Waals surface area contributed by atoms with Crippen molar-refractivity contribution in [3.8, 4) is 0 Å². The van der Waals surface area contributed by atoms with Crippen molar-refractivity contribution in [3.05, 3.63) is 65.7 Å². The molecule has 1 N–H and O–H groups in total. The van der Waals surface area contributed by atoms with Crippen molar-refractivity contribution in [2.45, 2.75) is 50.4 Å². The summed E-state index contributed by atoms with van der Waals surface area (Å²) < 4.78 is 0. The third kappa shape index (κ3) is 4.05. The monoisotopic (exact) mass is 432 g/mol. The minimum Gasteiger partial charge on any atom is -0.353 e. The van der Waals surface area contributed by atoms with Gasteiger partial charge in [-0.1, -0.05) is 48.5 Å². The summed E-state index contributed by atoms with van der Waals surface area (Å²) in [6, 6.07) is 18.8. The van der Waals surface area contributed by atoms with E-state index in [0.717, 1.165) is 44.6 Å². The first-order valence-corrected chi connectivity index (χ1v) is 11.8. The lowest BCUT2D eigenvalue weighted by Crippen LogP contribution is -2.49. The fraction of sp³-hybridized carbons (Fsp3) is 0.462. The molecule has 6 heteroatoms. The first-order valence-electron chi connectivity index (χ1n) is 11.8. The first kappa shape index (κ1) is 21.2. The van der Waals surface area contributed by atoms with Crippen molar-refractivity contribution >= 4 is 17.5 Å². The van der Waals surface area contributed by atoms with E-state index in [-0.39, 0.29) is 29.9 Å². The number of carbonyl (C=O) groups is 2. The number of rotatable bonds is 5. The summed E-state index contributed by atoms with van der Waals surface area (Å²) in [5.74, 6) is 0.310. The van der Waals surface area contributed by atoms with Crippen LogP contribution in [0.1, 0.15) is 30.4 Å². The Balaban J connectivity index is 1.23. The SMILES string of the molecule is CN1[C@@H](CCC(=O)N2CCc3ccccc32)CNC(=O)[C@@H]2[C@@H]1CCN2Cc1ccccc1. The van der Waals surface area contributed by atoms with Crippen LogP contribution in [0.4, 0.5) is 5.69 Å². The quantitative estimate of drug-likeness (QED) is 0.789. The molecule has 2 aromatic rings. The Bertz CT molecular complexity index is 979. The zero-order chi connectivity index (χ0) is 22.1. The molecule has 6 nitrogen and oxygen atoms in total. The topological polar surface area (TPSA) is 55.9 Å². The van der Waals surface area contributed by atoms with E-state index in [4.69, 9.17) is 0 Å². The van der Waals surface area contributed by atoms with E-state index in [1.54, 1.807) is 0 Å². The van der Waals surface area contributed by atoms with Crippen LogP contribution in [0.2, 0.25) is 0 Å². The van der Waals surface area contributed by atoms with E-state index in [1.807, 2.05) is 41.3 Å². The number of carbonyl (C=O) groups excluding carboxylic acids is 2.